The SMILES string of the molecule is c1ccc(C[C@H]2CN=C(CC3CCCC3)N2)cc1. The molecule has 1 fully saturated rings. The molecule has 1 aromatic rings. The van der Waals surface area contributed by atoms with E-state index in [1.165, 1.54) is 43.5 Å². The fraction of sp³-hybridized carbons (Fsp3) is 0.562. The maximum atomic E-state index is 4.68. The molecule has 1 N–H and O–H groups in total. The summed E-state index contributed by atoms with van der Waals surface area (Å²) >= 11 is 0. The molecule has 1 aliphatic carbocycles. The number of hydrogen-bond acceptors (Lipinski definition) is 2. The van der Waals surface area contributed by atoms with E-state index in [2.05, 4.69) is 40.6 Å². The highest BCUT2D eigenvalue weighted by Crippen LogP contribution is 2.28. The highest BCUT2D eigenvalue weighted by molar-refractivity contribution is 5.84. The summed E-state index contributed by atoms with van der Waals surface area (Å²) in [6, 6.07) is 11.2. The van der Waals surface area contributed by atoms with Crippen molar-refractivity contribution in [3.8, 4) is 0 Å². The van der Waals surface area contributed by atoms with Crippen LogP contribution in [0, 0.1) is 5.92 Å². The minimum Gasteiger partial charge on any atom is -0.369 e. The van der Waals surface area contributed by atoms with Gasteiger partial charge in [-0.3, -0.25) is 4.99 Å². The van der Waals surface area contributed by atoms with Gasteiger partial charge in [0.25, 0.3) is 0 Å². The highest BCUT2D eigenvalue weighted by atomic mass is 15.1. The molecule has 0 spiro atoms. The van der Waals surface area contributed by atoms with Gasteiger partial charge in [-0.05, 0) is 17.9 Å². The predicted octanol–water partition coefficient (Wildman–Crippen LogP) is 3.18. The van der Waals surface area contributed by atoms with Gasteiger partial charge < -0.3 is 5.32 Å². The minimum absolute atomic E-state index is 0.517. The molecule has 0 amide bonds. The predicted molar refractivity (Wildman–Crippen MR) is 75.9 cm³/mol. The van der Waals surface area contributed by atoms with Gasteiger partial charge in [-0.1, -0.05) is 56.0 Å². The monoisotopic (exact) mass is 242 g/mol. The minimum atomic E-state index is 0.517. The van der Waals surface area contributed by atoms with Crippen molar-refractivity contribution in [3.63, 3.8) is 0 Å². The Morgan fingerprint density at radius 2 is 1.83 bits per heavy atom. The van der Waals surface area contributed by atoms with Crippen LogP contribution in [0.5, 0.6) is 0 Å². The zero-order valence-electron chi connectivity index (χ0n) is 10.9. The summed E-state index contributed by atoms with van der Waals surface area (Å²) in [5.41, 5.74) is 1.41. The van der Waals surface area contributed by atoms with Crippen molar-refractivity contribution in [3.05, 3.63) is 35.9 Å². The largest absolute Gasteiger partial charge is 0.369 e. The average Bonchev–Trinajstić information content (AvgIpc) is 3.03. The summed E-state index contributed by atoms with van der Waals surface area (Å²) in [6.45, 7) is 0.955. The van der Waals surface area contributed by atoms with E-state index in [1.807, 2.05) is 0 Å². The van der Waals surface area contributed by atoms with Gasteiger partial charge in [0.2, 0.25) is 0 Å². The molecule has 1 atom stereocenters. The highest BCUT2D eigenvalue weighted by Gasteiger charge is 2.22. The molecule has 18 heavy (non-hydrogen) atoms. The Labute approximate surface area is 110 Å². The molecule has 0 saturated heterocycles. The summed E-state index contributed by atoms with van der Waals surface area (Å²) in [7, 11) is 0. The average molecular weight is 242 g/mol. The molecule has 2 nitrogen and oxygen atoms in total. The van der Waals surface area contributed by atoms with E-state index < -0.39 is 0 Å². The first-order valence-electron chi connectivity index (χ1n) is 7.24. The van der Waals surface area contributed by atoms with E-state index in [0.717, 1.165) is 18.9 Å². The Kier molecular flexibility index (Phi) is 3.63. The molecule has 1 aliphatic heterocycles. The van der Waals surface area contributed by atoms with E-state index in [0.29, 0.717) is 6.04 Å². The smallest absolute Gasteiger partial charge is 0.0969 e. The lowest BCUT2D eigenvalue weighted by Crippen LogP contribution is -2.32. The van der Waals surface area contributed by atoms with Crippen molar-refractivity contribution < 1.29 is 0 Å². The van der Waals surface area contributed by atoms with Crippen LogP contribution in [0.1, 0.15) is 37.7 Å². The van der Waals surface area contributed by atoms with Gasteiger partial charge in [0, 0.05) is 6.42 Å². The van der Waals surface area contributed by atoms with E-state index >= 15 is 0 Å². The summed E-state index contributed by atoms with van der Waals surface area (Å²) in [4.78, 5) is 4.68. The van der Waals surface area contributed by atoms with Crippen LogP contribution in [0.25, 0.3) is 0 Å². The topological polar surface area (TPSA) is 24.4 Å². The summed E-state index contributed by atoms with van der Waals surface area (Å²) < 4.78 is 0. The summed E-state index contributed by atoms with van der Waals surface area (Å²) in [5.74, 6) is 2.16. The molecule has 0 aromatic heterocycles. The van der Waals surface area contributed by atoms with Crippen LogP contribution in [0.3, 0.4) is 0 Å². The summed E-state index contributed by atoms with van der Waals surface area (Å²) in [6.07, 6.45) is 7.94. The van der Waals surface area contributed by atoms with Gasteiger partial charge in [-0.2, -0.15) is 0 Å². The number of benzene rings is 1. The Morgan fingerprint density at radius 3 is 2.61 bits per heavy atom. The maximum Gasteiger partial charge on any atom is 0.0969 e. The normalized spacial score (nSPS) is 24.0. The Bertz CT molecular complexity index is 404. The van der Waals surface area contributed by atoms with Gasteiger partial charge in [-0.25, -0.2) is 0 Å². The van der Waals surface area contributed by atoms with Crippen LogP contribution in [-0.2, 0) is 6.42 Å². The zero-order valence-corrected chi connectivity index (χ0v) is 10.9. The Balaban J connectivity index is 1.48. The molecule has 0 bridgehead atoms. The second-order valence-corrected chi connectivity index (χ2v) is 5.67. The lowest BCUT2D eigenvalue weighted by molar-refractivity contribution is 0.562. The number of hydrogen-bond donors (Lipinski definition) is 1. The fourth-order valence-corrected chi connectivity index (χ4v) is 3.17. The fourth-order valence-electron chi connectivity index (χ4n) is 3.17. The molecular weight excluding hydrogens is 220 g/mol. The molecule has 96 valence electrons. The molecule has 1 aromatic carbocycles. The van der Waals surface area contributed by atoms with Gasteiger partial charge >= 0.3 is 0 Å². The lowest BCUT2D eigenvalue weighted by atomic mass is 10.0. The Hall–Kier alpha value is -1.31. The molecule has 0 unspecified atom stereocenters. The van der Waals surface area contributed by atoms with Crippen LogP contribution < -0.4 is 5.32 Å². The van der Waals surface area contributed by atoms with Crippen molar-refractivity contribution in [1.82, 2.24) is 5.32 Å². The van der Waals surface area contributed by atoms with Gasteiger partial charge in [0.1, 0.15) is 0 Å². The lowest BCUT2D eigenvalue weighted by Gasteiger charge is -2.14. The third-order valence-corrected chi connectivity index (χ3v) is 4.15. The molecule has 2 heteroatoms. The van der Waals surface area contributed by atoms with Crippen LogP contribution in [0.4, 0.5) is 0 Å². The van der Waals surface area contributed by atoms with Crippen molar-refractivity contribution in [2.24, 2.45) is 10.9 Å². The first kappa shape index (κ1) is 11.8. The molecular formula is C16H22N2. The van der Waals surface area contributed by atoms with Crippen LogP contribution in [0.2, 0.25) is 0 Å². The van der Waals surface area contributed by atoms with Crippen molar-refractivity contribution in [1.29, 1.82) is 0 Å². The van der Waals surface area contributed by atoms with Gasteiger partial charge in [0.05, 0.1) is 18.4 Å². The van der Waals surface area contributed by atoms with E-state index in [1.54, 1.807) is 0 Å². The van der Waals surface area contributed by atoms with Crippen LogP contribution in [-0.4, -0.2) is 18.4 Å². The van der Waals surface area contributed by atoms with Gasteiger partial charge in [0.15, 0.2) is 0 Å². The first-order chi connectivity index (χ1) is 8.90. The quantitative estimate of drug-likeness (QED) is 0.861. The van der Waals surface area contributed by atoms with Crippen molar-refractivity contribution in [2.75, 3.05) is 6.54 Å². The van der Waals surface area contributed by atoms with E-state index in [9.17, 15) is 0 Å². The zero-order chi connectivity index (χ0) is 12.2. The number of aliphatic imine (C=N–C) groups is 1. The Morgan fingerprint density at radius 1 is 1.06 bits per heavy atom. The molecule has 3 rings (SSSR count). The number of nitrogens with one attached hydrogen (secondary N) is 1. The molecule has 2 aliphatic rings. The van der Waals surface area contributed by atoms with Crippen molar-refractivity contribution in [2.45, 2.75) is 44.6 Å². The number of rotatable bonds is 4. The molecule has 1 heterocycles. The third-order valence-electron chi connectivity index (χ3n) is 4.15. The molecule has 0 radical (unpaired) electrons. The van der Waals surface area contributed by atoms with Crippen LogP contribution in [0.15, 0.2) is 35.3 Å². The third kappa shape index (κ3) is 2.92. The maximum absolute atomic E-state index is 4.68. The second-order valence-electron chi connectivity index (χ2n) is 5.67. The van der Waals surface area contributed by atoms with Gasteiger partial charge in [-0.15, -0.1) is 0 Å². The summed E-state index contributed by atoms with van der Waals surface area (Å²) in [5, 5.41) is 3.62. The molecule has 1 saturated carbocycles. The standard InChI is InChI=1S/C16H22N2/c1-2-6-13(7-3-1)10-15-12-17-16(18-15)11-14-8-4-5-9-14/h1-3,6-7,14-15H,4-5,8-12H2,(H,17,18)/t15-/m0/s1. The van der Waals surface area contributed by atoms with Crippen LogP contribution >= 0.6 is 0 Å². The number of amidine groups is 1. The van der Waals surface area contributed by atoms with E-state index in [4.69, 9.17) is 0 Å². The van der Waals surface area contributed by atoms with Crippen molar-refractivity contribution >= 4 is 5.84 Å². The van der Waals surface area contributed by atoms with E-state index in [-0.39, 0.29) is 0 Å². The first-order valence-corrected chi connectivity index (χ1v) is 7.24. The number of nitrogens with zero attached hydrogens (tertiary/aromatic N) is 1. The second kappa shape index (κ2) is 5.55.